The van der Waals surface area contributed by atoms with E-state index in [9.17, 15) is 0 Å². The minimum Gasteiger partial charge on any atom is -0.492 e. The molecule has 2 unspecified atom stereocenters. The van der Waals surface area contributed by atoms with Crippen LogP contribution in [0.3, 0.4) is 0 Å². The fourth-order valence-corrected chi connectivity index (χ4v) is 3.36. The summed E-state index contributed by atoms with van der Waals surface area (Å²) in [5, 5.41) is 11.6. The van der Waals surface area contributed by atoms with Gasteiger partial charge in [-0.3, -0.25) is 4.90 Å². The zero-order chi connectivity index (χ0) is 13.9. The number of benzene rings is 1. The molecule has 1 saturated heterocycles. The molecule has 1 heterocycles. The first-order chi connectivity index (χ1) is 9.76. The molecule has 3 rings (SSSR count). The average Bonchev–Trinajstić information content (AvgIpc) is 3.10. The van der Waals surface area contributed by atoms with Crippen LogP contribution in [0.15, 0.2) is 29.4 Å². The summed E-state index contributed by atoms with van der Waals surface area (Å²) in [6.45, 7) is 2.96. The van der Waals surface area contributed by atoms with Crippen LogP contribution in [0.25, 0.3) is 0 Å². The van der Waals surface area contributed by atoms with Crippen LogP contribution in [0, 0.1) is 5.92 Å². The van der Waals surface area contributed by atoms with E-state index in [4.69, 9.17) is 15.7 Å². The Morgan fingerprint density at radius 3 is 2.75 bits per heavy atom. The number of hydrogen-bond donors (Lipinski definition) is 2. The maximum atomic E-state index is 8.60. The highest BCUT2D eigenvalue weighted by atomic mass is 16.5. The third kappa shape index (κ3) is 2.72. The Labute approximate surface area is 119 Å². The van der Waals surface area contributed by atoms with Crippen LogP contribution < -0.4 is 10.5 Å². The molecule has 1 saturated carbocycles. The van der Waals surface area contributed by atoms with E-state index in [1.807, 2.05) is 12.1 Å². The van der Waals surface area contributed by atoms with Crippen molar-refractivity contribution in [2.45, 2.75) is 25.3 Å². The minimum atomic E-state index is 0.115. The zero-order valence-corrected chi connectivity index (χ0v) is 11.5. The number of nitrogens with two attached hydrogens (primary N) is 1. The first-order valence-electron chi connectivity index (χ1n) is 7.21. The second-order valence-electron chi connectivity index (χ2n) is 5.69. The molecule has 1 aliphatic carbocycles. The van der Waals surface area contributed by atoms with Crippen molar-refractivity contribution in [3.05, 3.63) is 29.8 Å². The van der Waals surface area contributed by atoms with Crippen LogP contribution in [0.4, 0.5) is 0 Å². The van der Waals surface area contributed by atoms with Crippen LogP contribution >= 0.6 is 0 Å². The Kier molecular flexibility index (Phi) is 3.78. The summed E-state index contributed by atoms with van der Waals surface area (Å²) in [5.74, 6) is 1.87. The van der Waals surface area contributed by atoms with Gasteiger partial charge in [-0.2, -0.15) is 0 Å². The average molecular weight is 275 g/mol. The second kappa shape index (κ2) is 5.71. The van der Waals surface area contributed by atoms with Gasteiger partial charge in [0.05, 0.1) is 0 Å². The minimum absolute atomic E-state index is 0.115. The molecule has 2 atom stereocenters. The Morgan fingerprint density at radius 1 is 1.35 bits per heavy atom. The summed E-state index contributed by atoms with van der Waals surface area (Å²) in [5.41, 5.74) is 6.21. The molecule has 5 heteroatoms. The number of nitrogens with zero attached hydrogens (tertiary/aromatic N) is 2. The lowest BCUT2D eigenvalue weighted by molar-refractivity contribution is 0.172. The van der Waals surface area contributed by atoms with Gasteiger partial charge >= 0.3 is 0 Å². The van der Waals surface area contributed by atoms with Crippen molar-refractivity contribution in [1.82, 2.24) is 4.90 Å². The lowest BCUT2D eigenvalue weighted by atomic mass is 10.1. The largest absolute Gasteiger partial charge is 0.492 e. The number of hydrogen-bond acceptors (Lipinski definition) is 4. The highest BCUT2D eigenvalue weighted by Crippen LogP contribution is 2.36. The number of rotatable bonds is 5. The van der Waals surface area contributed by atoms with Gasteiger partial charge in [0.25, 0.3) is 0 Å². The lowest BCUT2D eigenvalue weighted by Gasteiger charge is -2.26. The van der Waals surface area contributed by atoms with Gasteiger partial charge in [0.2, 0.25) is 0 Å². The van der Waals surface area contributed by atoms with Crippen molar-refractivity contribution in [2.75, 3.05) is 19.7 Å². The molecule has 1 aromatic rings. The van der Waals surface area contributed by atoms with Gasteiger partial charge in [-0.25, -0.2) is 0 Å². The number of fused-ring (bicyclic) bond motifs is 2. The van der Waals surface area contributed by atoms with E-state index in [1.165, 1.54) is 25.8 Å². The van der Waals surface area contributed by atoms with Crippen molar-refractivity contribution in [1.29, 1.82) is 0 Å². The van der Waals surface area contributed by atoms with Crippen LogP contribution in [-0.2, 0) is 0 Å². The van der Waals surface area contributed by atoms with Crippen LogP contribution in [0.5, 0.6) is 5.75 Å². The van der Waals surface area contributed by atoms with Gasteiger partial charge in [0.15, 0.2) is 5.84 Å². The molecule has 0 aromatic heterocycles. The SMILES string of the molecule is NC(=NO)c1ccc(OCCN2CC3CCC2C3)cc1. The number of oxime groups is 1. The summed E-state index contributed by atoms with van der Waals surface area (Å²) in [6.07, 6.45) is 4.16. The van der Waals surface area contributed by atoms with E-state index >= 15 is 0 Å². The van der Waals surface area contributed by atoms with Crippen molar-refractivity contribution in [3.8, 4) is 5.75 Å². The first-order valence-corrected chi connectivity index (χ1v) is 7.21. The summed E-state index contributed by atoms with van der Waals surface area (Å²) >= 11 is 0. The van der Waals surface area contributed by atoms with Gasteiger partial charge in [-0.15, -0.1) is 0 Å². The standard InChI is InChI=1S/C15H21N3O2/c16-15(17-19)12-2-5-14(6-3-12)20-8-7-18-10-11-1-4-13(18)9-11/h2-3,5-6,11,13,19H,1,4,7-10H2,(H2,16,17). The fourth-order valence-electron chi connectivity index (χ4n) is 3.36. The predicted octanol–water partition coefficient (Wildman–Crippen LogP) is 1.64. The van der Waals surface area contributed by atoms with E-state index in [1.54, 1.807) is 12.1 Å². The van der Waals surface area contributed by atoms with Crippen molar-refractivity contribution in [3.63, 3.8) is 0 Å². The molecule has 2 bridgehead atoms. The van der Waals surface area contributed by atoms with E-state index in [-0.39, 0.29) is 5.84 Å². The number of piperidine rings is 1. The van der Waals surface area contributed by atoms with Gasteiger partial charge in [-0.05, 0) is 49.4 Å². The first kappa shape index (κ1) is 13.2. The Morgan fingerprint density at radius 2 is 2.15 bits per heavy atom. The molecule has 2 aliphatic rings. The summed E-state index contributed by atoms with van der Waals surface area (Å²) in [7, 11) is 0. The third-order valence-corrected chi connectivity index (χ3v) is 4.43. The Hall–Kier alpha value is -1.75. The van der Waals surface area contributed by atoms with Gasteiger partial charge in [-0.1, -0.05) is 5.16 Å². The Balaban J connectivity index is 1.47. The van der Waals surface area contributed by atoms with Gasteiger partial charge < -0.3 is 15.7 Å². The maximum Gasteiger partial charge on any atom is 0.170 e. The second-order valence-corrected chi connectivity index (χ2v) is 5.69. The molecule has 1 aromatic carbocycles. The number of amidine groups is 1. The Bertz CT molecular complexity index is 486. The number of ether oxygens (including phenoxy) is 1. The summed E-state index contributed by atoms with van der Waals surface area (Å²) in [6, 6.07) is 8.09. The lowest BCUT2D eigenvalue weighted by Crippen LogP contribution is -2.35. The molecular formula is C15H21N3O2. The molecule has 3 N–H and O–H groups in total. The predicted molar refractivity (Wildman–Crippen MR) is 77.1 cm³/mol. The number of likely N-dealkylation sites (tertiary alicyclic amines) is 1. The van der Waals surface area contributed by atoms with E-state index < -0.39 is 0 Å². The molecule has 0 radical (unpaired) electrons. The van der Waals surface area contributed by atoms with E-state index in [2.05, 4.69) is 10.1 Å². The highest BCUT2D eigenvalue weighted by Gasteiger charge is 2.37. The quantitative estimate of drug-likeness (QED) is 0.371. The molecule has 1 aliphatic heterocycles. The molecule has 108 valence electrons. The van der Waals surface area contributed by atoms with Crippen LogP contribution in [0.2, 0.25) is 0 Å². The zero-order valence-electron chi connectivity index (χ0n) is 11.5. The highest BCUT2D eigenvalue weighted by molar-refractivity contribution is 5.97. The third-order valence-electron chi connectivity index (χ3n) is 4.43. The van der Waals surface area contributed by atoms with Crippen molar-refractivity contribution >= 4 is 5.84 Å². The van der Waals surface area contributed by atoms with Crippen LogP contribution in [0.1, 0.15) is 24.8 Å². The monoisotopic (exact) mass is 275 g/mol. The van der Waals surface area contributed by atoms with Gasteiger partial charge in [0.1, 0.15) is 12.4 Å². The molecule has 0 spiro atoms. The van der Waals surface area contributed by atoms with E-state index in [0.29, 0.717) is 12.2 Å². The van der Waals surface area contributed by atoms with E-state index in [0.717, 1.165) is 24.3 Å². The summed E-state index contributed by atoms with van der Waals surface area (Å²) < 4.78 is 5.76. The smallest absolute Gasteiger partial charge is 0.170 e. The summed E-state index contributed by atoms with van der Waals surface area (Å²) in [4.78, 5) is 2.55. The molecule has 0 amide bonds. The molecule has 20 heavy (non-hydrogen) atoms. The van der Waals surface area contributed by atoms with Crippen LogP contribution in [-0.4, -0.2) is 41.7 Å². The maximum absolute atomic E-state index is 8.60. The molecule has 2 fully saturated rings. The van der Waals surface area contributed by atoms with Gasteiger partial charge in [0, 0.05) is 24.7 Å². The fraction of sp³-hybridized carbons (Fsp3) is 0.533. The molecular weight excluding hydrogens is 254 g/mol. The van der Waals surface area contributed by atoms with Crippen molar-refractivity contribution in [2.24, 2.45) is 16.8 Å². The molecule has 5 nitrogen and oxygen atoms in total. The topological polar surface area (TPSA) is 71.1 Å². The van der Waals surface area contributed by atoms with Crippen molar-refractivity contribution < 1.29 is 9.94 Å². The normalized spacial score (nSPS) is 26.1.